The average Bonchev–Trinajstić information content (AvgIpc) is 3.34. The van der Waals surface area contributed by atoms with Crippen molar-refractivity contribution >= 4 is 23.5 Å². The van der Waals surface area contributed by atoms with Crippen LogP contribution in [0.15, 0.2) is 29.3 Å². The summed E-state index contributed by atoms with van der Waals surface area (Å²) >= 11 is 5.92. The predicted octanol–water partition coefficient (Wildman–Crippen LogP) is 2.84. The van der Waals surface area contributed by atoms with E-state index in [9.17, 15) is 4.79 Å². The fourth-order valence-corrected chi connectivity index (χ4v) is 4.00. The number of hydrogen-bond donors (Lipinski definition) is 2. The second kappa shape index (κ2) is 9.26. The van der Waals surface area contributed by atoms with E-state index < -0.39 is 0 Å². The maximum Gasteiger partial charge on any atom is 0.225 e. The van der Waals surface area contributed by atoms with E-state index in [1.54, 1.807) is 7.05 Å². The number of carbonyl (C=O) groups is 1. The van der Waals surface area contributed by atoms with Crippen LogP contribution in [-0.4, -0.2) is 49.5 Å². The fourth-order valence-electron chi connectivity index (χ4n) is 3.87. The van der Waals surface area contributed by atoms with Gasteiger partial charge in [0, 0.05) is 43.7 Å². The standard InChI is InChI=1S/C20H29ClN4O/c1-22-20(23-12-10-15-6-8-17(21)9-7-15)24-18-11-13-25(14-18)19(26)16-4-2-3-5-16/h6-9,16,18H,2-5,10-14H2,1H3,(H2,22,23,24). The van der Waals surface area contributed by atoms with Crippen LogP contribution in [-0.2, 0) is 11.2 Å². The summed E-state index contributed by atoms with van der Waals surface area (Å²) in [6, 6.07) is 8.20. The van der Waals surface area contributed by atoms with Crippen molar-refractivity contribution in [3.8, 4) is 0 Å². The summed E-state index contributed by atoms with van der Waals surface area (Å²) in [6.45, 7) is 2.45. The lowest BCUT2D eigenvalue weighted by molar-refractivity contribution is -0.134. The van der Waals surface area contributed by atoms with E-state index in [1.807, 2.05) is 29.2 Å². The second-order valence-corrected chi connectivity index (χ2v) is 7.71. The summed E-state index contributed by atoms with van der Waals surface area (Å²) in [5, 5.41) is 7.58. The molecule has 1 aliphatic carbocycles. The van der Waals surface area contributed by atoms with Crippen LogP contribution in [0.1, 0.15) is 37.7 Å². The van der Waals surface area contributed by atoms with Gasteiger partial charge in [-0.2, -0.15) is 0 Å². The van der Waals surface area contributed by atoms with E-state index in [0.717, 1.165) is 56.3 Å². The van der Waals surface area contributed by atoms with E-state index in [2.05, 4.69) is 15.6 Å². The Balaban J connectivity index is 1.40. The van der Waals surface area contributed by atoms with Gasteiger partial charge >= 0.3 is 0 Å². The van der Waals surface area contributed by atoms with Gasteiger partial charge in [0.25, 0.3) is 0 Å². The topological polar surface area (TPSA) is 56.7 Å². The number of nitrogens with zero attached hydrogens (tertiary/aromatic N) is 2. The molecule has 1 amide bonds. The average molecular weight is 377 g/mol. The molecular formula is C20H29ClN4O. The van der Waals surface area contributed by atoms with Crippen molar-refractivity contribution in [2.45, 2.75) is 44.6 Å². The first-order valence-electron chi connectivity index (χ1n) is 9.66. The summed E-state index contributed by atoms with van der Waals surface area (Å²) < 4.78 is 0. The van der Waals surface area contributed by atoms with Crippen LogP contribution in [0, 0.1) is 5.92 Å². The lowest BCUT2D eigenvalue weighted by Gasteiger charge is -2.21. The molecular weight excluding hydrogens is 348 g/mol. The molecule has 0 radical (unpaired) electrons. The summed E-state index contributed by atoms with van der Waals surface area (Å²) in [6.07, 6.45) is 6.44. The predicted molar refractivity (Wildman–Crippen MR) is 107 cm³/mol. The third-order valence-electron chi connectivity index (χ3n) is 5.39. The Bertz CT molecular complexity index is 625. The van der Waals surface area contributed by atoms with Crippen molar-refractivity contribution in [1.82, 2.24) is 15.5 Å². The fraction of sp³-hybridized carbons (Fsp3) is 0.600. The van der Waals surface area contributed by atoms with Crippen LogP contribution >= 0.6 is 11.6 Å². The maximum atomic E-state index is 12.5. The van der Waals surface area contributed by atoms with Crippen LogP contribution in [0.4, 0.5) is 0 Å². The first-order chi connectivity index (χ1) is 12.7. The summed E-state index contributed by atoms with van der Waals surface area (Å²) in [4.78, 5) is 18.9. The molecule has 142 valence electrons. The van der Waals surface area contributed by atoms with Gasteiger partial charge in [-0.1, -0.05) is 36.6 Å². The molecule has 0 spiro atoms. The number of likely N-dealkylation sites (tertiary alicyclic amines) is 1. The molecule has 1 aliphatic heterocycles. The Kier molecular flexibility index (Phi) is 6.78. The molecule has 2 N–H and O–H groups in total. The van der Waals surface area contributed by atoms with Crippen molar-refractivity contribution < 1.29 is 4.79 Å². The number of hydrogen-bond acceptors (Lipinski definition) is 2. The molecule has 1 aromatic rings. The highest BCUT2D eigenvalue weighted by molar-refractivity contribution is 6.30. The first-order valence-corrected chi connectivity index (χ1v) is 10.0. The van der Waals surface area contributed by atoms with Gasteiger partial charge in [0.05, 0.1) is 0 Å². The number of rotatable bonds is 5. The quantitative estimate of drug-likeness (QED) is 0.613. The van der Waals surface area contributed by atoms with Gasteiger partial charge in [-0.25, -0.2) is 0 Å². The van der Waals surface area contributed by atoms with E-state index in [1.165, 1.54) is 18.4 Å². The van der Waals surface area contributed by atoms with Gasteiger partial charge in [-0.3, -0.25) is 9.79 Å². The lowest BCUT2D eigenvalue weighted by atomic mass is 10.1. The molecule has 1 saturated heterocycles. The number of nitrogens with one attached hydrogen (secondary N) is 2. The van der Waals surface area contributed by atoms with Gasteiger partial charge in [-0.15, -0.1) is 0 Å². The third kappa shape index (κ3) is 5.13. The van der Waals surface area contributed by atoms with Gasteiger partial charge in [-0.05, 0) is 43.4 Å². The highest BCUT2D eigenvalue weighted by Crippen LogP contribution is 2.27. The Morgan fingerprint density at radius 3 is 2.65 bits per heavy atom. The molecule has 1 saturated carbocycles. The summed E-state index contributed by atoms with van der Waals surface area (Å²) in [5.41, 5.74) is 1.24. The van der Waals surface area contributed by atoms with Crippen molar-refractivity contribution in [2.75, 3.05) is 26.7 Å². The van der Waals surface area contributed by atoms with Gasteiger partial charge in [0.15, 0.2) is 5.96 Å². The van der Waals surface area contributed by atoms with Crippen molar-refractivity contribution in [3.05, 3.63) is 34.9 Å². The van der Waals surface area contributed by atoms with Gasteiger partial charge in [0.2, 0.25) is 5.91 Å². The Morgan fingerprint density at radius 1 is 1.23 bits per heavy atom. The minimum absolute atomic E-state index is 0.269. The SMILES string of the molecule is CN=C(NCCc1ccc(Cl)cc1)NC1CCN(C(=O)C2CCCC2)C1. The summed E-state index contributed by atoms with van der Waals surface area (Å²) in [5.74, 6) is 1.43. The second-order valence-electron chi connectivity index (χ2n) is 7.27. The molecule has 2 aliphatic rings. The van der Waals surface area contributed by atoms with Crippen LogP contribution in [0.2, 0.25) is 5.02 Å². The molecule has 26 heavy (non-hydrogen) atoms. The third-order valence-corrected chi connectivity index (χ3v) is 5.64. The molecule has 2 fully saturated rings. The smallest absolute Gasteiger partial charge is 0.225 e. The highest BCUT2D eigenvalue weighted by Gasteiger charge is 2.32. The van der Waals surface area contributed by atoms with Crippen molar-refractivity contribution in [3.63, 3.8) is 0 Å². The number of halogens is 1. The van der Waals surface area contributed by atoms with E-state index in [4.69, 9.17) is 11.6 Å². The molecule has 0 aromatic heterocycles. The van der Waals surface area contributed by atoms with Crippen molar-refractivity contribution in [2.24, 2.45) is 10.9 Å². The van der Waals surface area contributed by atoms with E-state index in [-0.39, 0.29) is 12.0 Å². The number of aliphatic imine (C=N–C) groups is 1. The zero-order valence-electron chi connectivity index (χ0n) is 15.5. The van der Waals surface area contributed by atoms with Crippen LogP contribution < -0.4 is 10.6 Å². The normalized spacial score (nSPS) is 21.2. The van der Waals surface area contributed by atoms with E-state index in [0.29, 0.717) is 5.91 Å². The first kappa shape index (κ1) is 19.0. The largest absolute Gasteiger partial charge is 0.356 e. The molecule has 3 rings (SSSR count). The molecule has 0 bridgehead atoms. The number of benzene rings is 1. The highest BCUT2D eigenvalue weighted by atomic mass is 35.5. The van der Waals surface area contributed by atoms with Crippen LogP contribution in [0.5, 0.6) is 0 Å². The number of carbonyl (C=O) groups excluding carboxylic acids is 1. The zero-order valence-corrected chi connectivity index (χ0v) is 16.3. The minimum atomic E-state index is 0.269. The number of guanidine groups is 1. The Labute approximate surface area is 161 Å². The molecule has 1 atom stereocenters. The number of amides is 1. The van der Waals surface area contributed by atoms with Crippen LogP contribution in [0.3, 0.4) is 0 Å². The Hall–Kier alpha value is -1.75. The van der Waals surface area contributed by atoms with Gasteiger partial charge in [0.1, 0.15) is 0 Å². The Morgan fingerprint density at radius 2 is 1.96 bits per heavy atom. The summed E-state index contributed by atoms with van der Waals surface area (Å²) in [7, 11) is 1.79. The maximum absolute atomic E-state index is 12.5. The molecule has 5 nitrogen and oxygen atoms in total. The molecule has 1 unspecified atom stereocenters. The lowest BCUT2D eigenvalue weighted by Crippen LogP contribution is -2.45. The van der Waals surface area contributed by atoms with Crippen molar-refractivity contribution in [1.29, 1.82) is 0 Å². The molecule has 1 aromatic carbocycles. The zero-order chi connectivity index (χ0) is 18.4. The van der Waals surface area contributed by atoms with Gasteiger partial charge < -0.3 is 15.5 Å². The monoisotopic (exact) mass is 376 g/mol. The minimum Gasteiger partial charge on any atom is -0.356 e. The van der Waals surface area contributed by atoms with E-state index >= 15 is 0 Å². The molecule has 6 heteroatoms. The van der Waals surface area contributed by atoms with Crippen LogP contribution in [0.25, 0.3) is 0 Å². The molecule has 1 heterocycles.